The summed E-state index contributed by atoms with van der Waals surface area (Å²) in [5.74, 6) is -0.233. The van der Waals surface area contributed by atoms with Crippen molar-refractivity contribution in [2.24, 2.45) is 0 Å². The number of benzene rings is 2. The molecule has 0 amide bonds. The van der Waals surface area contributed by atoms with Crippen molar-refractivity contribution in [3.63, 3.8) is 0 Å². The van der Waals surface area contributed by atoms with E-state index in [0.717, 1.165) is 33.6 Å². The van der Waals surface area contributed by atoms with E-state index in [2.05, 4.69) is 16.4 Å². The van der Waals surface area contributed by atoms with Gasteiger partial charge in [-0.3, -0.25) is 0 Å². The molecule has 3 aromatic rings. The van der Waals surface area contributed by atoms with Gasteiger partial charge >= 0.3 is 0 Å². The van der Waals surface area contributed by atoms with Crippen LogP contribution in [0.25, 0.3) is 10.9 Å². The van der Waals surface area contributed by atoms with Gasteiger partial charge in [-0.1, -0.05) is 30.3 Å². The van der Waals surface area contributed by atoms with Crippen molar-refractivity contribution in [3.05, 3.63) is 65.5 Å². The normalized spacial score (nSPS) is 10.5. The number of nitrogens with zero attached hydrogens (tertiary/aromatic N) is 2. The third kappa shape index (κ3) is 3.34. The predicted molar refractivity (Wildman–Crippen MR) is 96.8 cm³/mol. The van der Waals surface area contributed by atoms with Gasteiger partial charge in [-0.05, 0) is 36.4 Å². The molecule has 0 fully saturated rings. The molecule has 2 aromatic carbocycles. The second-order valence-corrected chi connectivity index (χ2v) is 6.10. The number of para-hydroxylation sites is 1. The minimum absolute atomic E-state index is 0.233. The summed E-state index contributed by atoms with van der Waals surface area (Å²) in [6.45, 7) is 0.655. The maximum Gasteiger partial charge on any atom is 0.123 e. The van der Waals surface area contributed by atoms with Gasteiger partial charge in [0.15, 0.2) is 0 Å². The highest BCUT2D eigenvalue weighted by molar-refractivity contribution is 7.98. The lowest BCUT2D eigenvalue weighted by atomic mass is 10.1. The van der Waals surface area contributed by atoms with E-state index in [9.17, 15) is 9.65 Å². The molecule has 0 radical (unpaired) electrons. The fourth-order valence-electron chi connectivity index (χ4n) is 2.61. The van der Waals surface area contributed by atoms with E-state index in [0.29, 0.717) is 12.1 Å². The Bertz CT molecular complexity index is 901. The number of hydrogen-bond acceptors (Lipinski definition) is 4. The standard InChI is InChI=1S/C19H16FN3S/c1-24-19-16(12-21)18(15-4-2-3-5-17(15)23-19)22-11-10-13-6-8-14(20)9-7-13/h2-9H,10-11H2,1H3,(H,22,23). The van der Waals surface area contributed by atoms with Crippen LogP contribution >= 0.6 is 11.8 Å². The summed E-state index contributed by atoms with van der Waals surface area (Å²) in [6, 6.07) is 16.5. The summed E-state index contributed by atoms with van der Waals surface area (Å²) in [5, 5.41) is 14.6. The summed E-state index contributed by atoms with van der Waals surface area (Å²) in [6.07, 6.45) is 2.66. The molecule has 1 N–H and O–H groups in total. The molecule has 0 saturated heterocycles. The maximum atomic E-state index is 13.0. The average molecular weight is 337 g/mol. The number of thioether (sulfide) groups is 1. The first-order valence-corrected chi connectivity index (χ1v) is 8.80. The van der Waals surface area contributed by atoms with Crippen LogP contribution in [0.5, 0.6) is 0 Å². The minimum Gasteiger partial charge on any atom is -0.383 e. The zero-order valence-electron chi connectivity index (χ0n) is 13.2. The van der Waals surface area contributed by atoms with Gasteiger partial charge in [0, 0.05) is 11.9 Å². The number of fused-ring (bicyclic) bond motifs is 1. The van der Waals surface area contributed by atoms with E-state index in [1.807, 2.05) is 30.5 Å². The first kappa shape index (κ1) is 16.3. The quantitative estimate of drug-likeness (QED) is 0.690. The van der Waals surface area contributed by atoms with Gasteiger partial charge in [-0.15, -0.1) is 11.8 Å². The van der Waals surface area contributed by atoms with Crippen LogP contribution < -0.4 is 5.32 Å². The molecule has 3 rings (SSSR count). The number of hydrogen-bond donors (Lipinski definition) is 1. The van der Waals surface area contributed by atoms with Gasteiger partial charge in [0.25, 0.3) is 0 Å². The fraction of sp³-hybridized carbons (Fsp3) is 0.158. The maximum absolute atomic E-state index is 13.0. The van der Waals surface area contributed by atoms with E-state index in [1.54, 1.807) is 12.1 Å². The third-order valence-corrected chi connectivity index (χ3v) is 4.48. The molecule has 24 heavy (non-hydrogen) atoms. The van der Waals surface area contributed by atoms with Crippen molar-refractivity contribution < 1.29 is 4.39 Å². The van der Waals surface area contributed by atoms with E-state index in [4.69, 9.17) is 0 Å². The zero-order chi connectivity index (χ0) is 16.9. The predicted octanol–water partition coefficient (Wildman–Crippen LogP) is 4.62. The van der Waals surface area contributed by atoms with Crippen molar-refractivity contribution in [1.29, 1.82) is 5.26 Å². The Balaban J connectivity index is 1.90. The molecule has 0 aliphatic heterocycles. The Kier molecular flexibility index (Phi) is 4.97. The van der Waals surface area contributed by atoms with Gasteiger partial charge in [0.2, 0.25) is 0 Å². The topological polar surface area (TPSA) is 48.7 Å². The Morgan fingerprint density at radius 3 is 2.62 bits per heavy atom. The van der Waals surface area contributed by atoms with Crippen LogP contribution in [-0.4, -0.2) is 17.8 Å². The highest BCUT2D eigenvalue weighted by Gasteiger charge is 2.14. The molecule has 3 nitrogen and oxygen atoms in total. The molecule has 1 aromatic heterocycles. The lowest BCUT2D eigenvalue weighted by Gasteiger charge is -2.14. The summed E-state index contributed by atoms with van der Waals surface area (Å²) < 4.78 is 13.0. The van der Waals surface area contributed by atoms with E-state index in [1.165, 1.54) is 23.9 Å². The summed E-state index contributed by atoms with van der Waals surface area (Å²) in [4.78, 5) is 4.56. The molecule has 0 bridgehead atoms. The summed E-state index contributed by atoms with van der Waals surface area (Å²) >= 11 is 1.47. The van der Waals surface area contributed by atoms with Crippen LogP contribution in [-0.2, 0) is 6.42 Å². The fourth-order valence-corrected chi connectivity index (χ4v) is 3.15. The number of rotatable bonds is 5. The Morgan fingerprint density at radius 1 is 1.17 bits per heavy atom. The average Bonchev–Trinajstić information content (AvgIpc) is 2.62. The van der Waals surface area contributed by atoms with Gasteiger partial charge in [0.1, 0.15) is 22.5 Å². The number of anilines is 1. The van der Waals surface area contributed by atoms with Crippen molar-refractivity contribution in [1.82, 2.24) is 4.98 Å². The molecule has 0 unspecified atom stereocenters. The molecule has 0 saturated carbocycles. The number of aromatic nitrogens is 1. The number of nitrogens with one attached hydrogen (secondary N) is 1. The molecular weight excluding hydrogens is 321 g/mol. The number of halogens is 1. The highest BCUT2D eigenvalue weighted by atomic mass is 32.2. The summed E-state index contributed by atoms with van der Waals surface area (Å²) in [7, 11) is 0. The Morgan fingerprint density at radius 2 is 1.92 bits per heavy atom. The van der Waals surface area contributed by atoms with E-state index >= 15 is 0 Å². The van der Waals surface area contributed by atoms with Crippen molar-refractivity contribution >= 4 is 28.4 Å². The second kappa shape index (κ2) is 7.33. The zero-order valence-corrected chi connectivity index (χ0v) is 14.0. The lowest BCUT2D eigenvalue weighted by Crippen LogP contribution is -2.08. The van der Waals surface area contributed by atoms with Gasteiger partial charge < -0.3 is 5.32 Å². The van der Waals surface area contributed by atoms with Gasteiger partial charge in [-0.2, -0.15) is 5.26 Å². The Hall–Kier alpha value is -2.58. The first-order valence-electron chi connectivity index (χ1n) is 7.58. The SMILES string of the molecule is CSc1nc2ccccc2c(NCCc2ccc(F)cc2)c1C#N. The van der Waals surface area contributed by atoms with Crippen LogP contribution in [0.15, 0.2) is 53.6 Å². The van der Waals surface area contributed by atoms with Crippen molar-refractivity contribution in [2.75, 3.05) is 18.1 Å². The van der Waals surface area contributed by atoms with Crippen LogP contribution in [0.3, 0.4) is 0 Å². The monoisotopic (exact) mass is 337 g/mol. The lowest BCUT2D eigenvalue weighted by molar-refractivity contribution is 0.627. The highest BCUT2D eigenvalue weighted by Crippen LogP contribution is 2.32. The van der Waals surface area contributed by atoms with E-state index < -0.39 is 0 Å². The largest absolute Gasteiger partial charge is 0.383 e. The van der Waals surface area contributed by atoms with Crippen LogP contribution in [0, 0.1) is 17.1 Å². The van der Waals surface area contributed by atoms with E-state index in [-0.39, 0.29) is 5.82 Å². The molecule has 0 aliphatic carbocycles. The molecule has 5 heteroatoms. The van der Waals surface area contributed by atoms with Gasteiger partial charge in [-0.25, -0.2) is 9.37 Å². The number of pyridine rings is 1. The van der Waals surface area contributed by atoms with Crippen LogP contribution in [0.4, 0.5) is 10.1 Å². The van der Waals surface area contributed by atoms with Crippen molar-refractivity contribution in [2.45, 2.75) is 11.4 Å². The van der Waals surface area contributed by atoms with Gasteiger partial charge in [0.05, 0.1) is 11.2 Å². The summed E-state index contributed by atoms with van der Waals surface area (Å²) in [5.41, 5.74) is 3.30. The molecule has 0 aliphatic rings. The smallest absolute Gasteiger partial charge is 0.123 e. The van der Waals surface area contributed by atoms with Crippen molar-refractivity contribution in [3.8, 4) is 6.07 Å². The first-order chi connectivity index (χ1) is 11.7. The third-order valence-electron chi connectivity index (χ3n) is 3.79. The second-order valence-electron chi connectivity index (χ2n) is 5.30. The van der Waals surface area contributed by atoms with Crippen LogP contribution in [0.2, 0.25) is 0 Å². The van der Waals surface area contributed by atoms with Crippen LogP contribution in [0.1, 0.15) is 11.1 Å². The molecule has 0 atom stereocenters. The minimum atomic E-state index is -0.233. The molecule has 0 spiro atoms. The molecular formula is C19H16FN3S. The Labute approximate surface area is 144 Å². The molecule has 1 heterocycles. The molecule has 120 valence electrons. The number of nitriles is 1.